The number of benzene rings is 4. The Hall–Kier alpha value is -7.83. The highest BCUT2D eigenvalue weighted by molar-refractivity contribution is 6.33. The molecule has 432 valence electrons. The zero-order valence-corrected chi connectivity index (χ0v) is 46.3. The number of carboxylic acids is 2. The van der Waals surface area contributed by atoms with Gasteiger partial charge >= 0.3 is 29.8 Å². The molecule has 80 heavy (non-hydrogen) atoms. The third-order valence-corrected chi connectivity index (χ3v) is 13.1. The van der Waals surface area contributed by atoms with Crippen LogP contribution in [-0.2, 0) is 72.4 Å². The predicted octanol–water partition coefficient (Wildman–Crippen LogP) is 8.45. The normalized spacial score (nSPS) is 12.7. The largest absolute Gasteiger partial charge is 0.481 e. The van der Waals surface area contributed by atoms with Gasteiger partial charge in [0.15, 0.2) is 0 Å². The van der Waals surface area contributed by atoms with Crippen molar-refractivity contribution in [2.24, 2.45) is 23.5 Å². The van der Waals surface area contributed by atoms with Gasteiger partial charge in [0.1, 0.15) is 19.8 Å². The fraction of sp³-hybridized carbons (Fsp3) is 0.410. The van der Waals surface area contributed by atoms with Gasteiger partial charge in [0.2, 0.25) is 17.7 Å². The maximum Gasteiger partial charge on any atom is 0.307 e. The quantitative estimate of drug-likeness (QED) is 0.0133. The summed E-state index contributed by atoms with van der Waals surface area (Å²) in [5, 5.41) is 24.3. The van der Waals surface area contributed by atoms with Crippen LogP contribution in [0.3, 0.4) is 0 Å². The van der Waals surface area contributed by atoms with E-state index in [0.29, 0.717) is 102 Å². The first-order valence-electron chi connectivity index (χ1n) is 27.0. The molecule has 4 aromatic carbocycles. The summed E-state index contributed by atoms with van der Waals surface area (Å²) >= 11 is 6.34. The average Bonchev–Trinajstić information content (AvgIpc) is 3.47. The summed E-state index contributed by atoms with van der Waals surface area (Å²) in [6.07, 6.45) is 7.71. The second kappa shape index (κ2) is 39.5. The van der Waals surface area contributed by atoms with Crippen molar-refractivity contribution in [1.82, 2.24) is 15.5 Å². The van der Waals surface area contributed by atoms with Gasteiger partial charge in [0.05, 0.1) is 41.8 Å². The average molecular weight is 1120 g/mol. The molecular weight excluding hydrogens is 1050 g/mol. The van der Waals surface area contributed by atoms with Crippen LogP contribution in [0.15, 0.2) is 141 Å². The summed E-state index contributed by atoms with van der Waals surface area (Å²) < 4.78 is 15.7. The zero-order chi connectivity index (χ0) is 58.3. The first-order valence-corrected chi connectivity index (χ1v) is 27.3. The number of halogens is 1. The molecule has 6 N–H and O–H groups in total. The number of para-hydroxylation sites is 1. The van der Waals surface area contributed by atoms with Crippen molar-refractivity contribution in [2.75, 3.05) is 50.7 Å². The Morgan fingerprint density at radius 2 is 0.887 bits per heavy atom. The summed E-state index contributed by atoms with van der Waals surface area (Å²) in [5.74, 6) is -5.78. The lowest BCUT2D eigenvalue weighted by molar-refractivity contribution is -0.152. The number of carboxylic acid groups (broad SMARTS) is 2. The molecule has 1 aliphatic rings. The molecule has 0 aromatic heterocycles. The molecule has 0 saturated carbocycles. The van der Waals surface area contributed by atoms with E-state index in [1.807, 2.05) is 120 Å². The Kier molecular flexibility index (Phi) is 32.8. The van der Waals surface area contributed by atoms with E-state index < -0.39 is 41.6 Å². The minimum absolute atomic E-state index is 0.0272. The fourth-order valence-electron chi connectivity index (χ4n) is 8.20. The molecule has 1 saturated heterocycles. The van der Waals surface area contributed by atoms with E-state index in [2.05, 4.69) is 28.7 Å². The van der Waals surface area contributed by atoms with Gasteiger partial charge in [-0.2, -0.15) is 0 Å². The molecule has 5 rings (SSSR count). The van der Waals surface area contributed by atoms with Crippen LogP contribution in [0.25, 0.3) is 0 Å². The molecule has 1 aliphatic heterocycles. The Balaban J connectivity index is 0.000000333. The van der Waals surface area contributed by atoms with Gasteiger partial charge in [0.25, 0.3) is 0 Å². The number of aliphatic carboxylic acids is 2. The zero-order valence-electron chi connectivity index (χ0n) is 45.6. The topological polar surface area (TPSA) is 261 Å². The number of ether oxygens (including phenoxy) is 3. The van der Waals surface area contributed by atoms with E-state index >= 15 is 0 Å². The van der Waals surface area contributed by atoms with Gasteiger partial charge in [-0.1, -0.05) is 147 Å². The summed E-state index contributed by atoms with van der Waals surface area (Å²) in [6.45, 7) is 11.2. The maximum absolute atomic E-state index is 13.4. The lowest BCUT2D eigenvalue weighted by Gasteiger charge is -2.38. The number of rotatable bonds is 32. The smallest absolute Gasteiger partial charge is 0.307 e. The number of nitrogens with zero attached hydrogens (tertiary/aromatic N) is 2. The van der Waals surface area contributed by atoms with Crippen molar-refractivity contribution in [2.45, 2.75) is 96.9 Å². The number of carbonyl (C=O) groups is 8. The molecule has 1 fully saturated rings. The number of nitrogens with two attached hydrogens (primary N) is 1. The molecule has 19 heteroatoms. The Labute approximate surface area is 474 Å². The van der Waals surface area contributed by atoms with Crippen LogP contribution >= 0.6 is 11.6 Å². The second-order valence-corrected chi connectivity index (χ2v) is 19.3. The Morgan fingerprint density at radius 3 is 1.26 bits per heavy atom. The number of amides is 3. The van der Waals surface area contributed by atoms with Crippen LogP contribution < -0.4 is 21.3 Å². The SMILES string of the molecule is C=CC(=O)NCCCC[C@H](CC(=O)OCc1ccccc1)C(=O)N1CCN(c2ccccc2Cl)CC1.C=CC(=O)NCCCC[C@H](CC(=O)OCc1ccccc1)C(=O)O.NCCCC[C@H](CC(=O)OCc1ccccc1)C(=O)O. The molecule has 0 spiro atoms. The molecule has 1 heterocycles. The minimum Gasteiger partial charge on any atom is -0.481 e. The number of piperazine rings is 1. The number of unbranched alkanes of at least 4 members (excludes halogenated alkanes) is 3. The number of anilines is 1. The van der Waals surface area contributed by atoms with Gasteiger partial charge in [-0.15, -0.1) is 0 Å². The highest BCUT2D eigenvalue weighted by Gasteiger charge is 2.30. The number of hydrogen-bond acceptors (Lipinski definition) is 13. The Bertz CT molecular complexity index is 2530. The number of esters is 3. The van der Waals surface area contributed by atoms with Crippen LogP contribution in [0.4, 0.5) is 5.69 Å². The molecule has 0 unspecified atom stereocenters. The van der Waals surface area contributed by atoms with Crippen LogP contribution in [-0.4, -0.2) is 108 Å². The van der Waals surface area contributed by atoms with E-state index in [-0.39, 0.29) is 62.8 Å². The van der Waals surface area contributed by atoms with Gasteiger partial charge in [-0.25, -0.2) is 0 Å². The van der Waals surface area contributed by atoms with Crippen molar-refractivity contribution in [3.05, 3.63) is 162 Å². The predicted molar refractivity (Wildman–Crippen MR) is 306 cm³/mol. The second-order valence-electron chi connectivity index (χ2n) is 18.8. The van der Waals surface area contributed by atoms with Gasteiger partial charge in [0, 0.05) is 45.2 Å². The minimum atomic E-state index is -1.01. The van der Waals surface area contributed by atoms with E-state index in [9.17, 15) is 43.5 Å². The van der Waals surface area contributed by atoms with Crippen molar-refractivity contribution < 1.29 is 62.8 Å². The monoisotopic (exact) mass is 1120 g/mol. The van der Waals surface area contributed by atoms with Crippen LogP contribution in [0, 0.1) is 17.8 Å². The van der Waals surface area contributed by atoms with Crippen molar-refractivity contribution in [1.29, 1.82) is 0 Å². The molecule has 3 atom stereocenters. The molecular formula is C61H78ClN5O13. The van der Waals surface area contributed by atoms with Crippen molar-refractivity contribution in [3.8, 4) is 0 Å². The van der Waals surface area contributed by atoms with Crippen LogP contribution in [0.1, 0.15) is 93.7 Å². The lowest BCUT2D eigenvalue weighted by Crippen LogP contribution is -2.50. The highest BCUT2D eigenvalue weighted by atomic mass is 35.5. The van der Waals surface area contributed by atoms with Gasteiger partial charge in [-0.05, 0) is 86.0 Å². The fourth-order valence-corrected chi connectivity index (χ4v) is 8.46. The summed E-state index contributed by atoms with van der Waals surface area (Å²) in [5.41, 5.74) is 8.98. The molecule has 0 bridgehead atoms. The first-order chi connectivity index (χ1) is 38.6. The number of carbonyl (C=O) groups excluding carboxylic acids is 6. The first kappa shape index (κ1) is 66.4. The lowest BCUT2D eigenvalue weighted by atomic mass is 9.96. The van der Waals surface area contributed by atoms with Crippen LogP contribution in [0.5, 0.6) is 0 Å². The van der Waals surface area contributed by atoms with E-state index in [1.165, 1.54) is 12.2 Å². The number of nitrogens with one attached hydrogen (secondary N) is 2. The van der Waals surface area contributed by atoms with E-state index in [4.69, 9.17) is 36.7 Å². The third kappa shape index (κ3) is 28.2. The molecule has 0 radical (unpaired) electrons. The van der Waals surface area contributed by atoms with E-state index in [0.717, 1.165) is 28.8 Å². The Morgan fingerprint density at radius 1 is 0.525 bits per heavy atom. The van der Waals surface area contributed by atoms with Crippen molar-refractivity contribution >= 4 is 64.9 Å². The van der Waals surface area contributed by atoms with Gasteiger partial charge < -0.3 is 50.6 Å². The van der Waals surface area contributed by atoms with Crippen molar-refractivity contribution in [3.63, 3.8) is 0 Å². The summed E-state index contributed by atoms with van der Waals surface area (Å²) in [7, 11) is 0. The number of hydrogen-bond donors (Lipinski definition) is 5. The highest BCUT2D eigenvalue weighted by Crippen LogP contribution is 2.27. The maximum atomic E-state index is 13.4. The molecule has 18 nitrogen and oxygen atoms in total. The summed E-state index contributed by atoms with van der Waals surface area (Å²) in [6, 6.07) is 35.7. The van der Waals surface area contributed by atoms with Gasteiger partial charge in [-0.3, -0.25) is 38.4 Å². The molecule has 0 aliphatic carbocycles. The van der Waals surface area contributed by atoms with E-state index in [1.54, 1.807) is 0 Å². The molecule has 3 amide bonds. The molecule has 4 aromatic rings. The third-order valence-electron chi connectivity index (χ3n) is 12.7. The standard InChI is InChI=1S/C28H34ClN3O4.C18H23NO5.C15H21NO4/c1-2-26(33)30-15-9-8-12-23(20-27(34)36-21-22-10-4-3-5-11-22)28(35)32-18-16-31(17-19-32)25-14-7-6-13-24(25)29;1-2-16(20)19-11-7-6-10-15(18(22)23)12-17(21)24-13-14-8-4-3-5-9-14;16-9-5-4-8-13(15(18)19)10-14(17)20-11-12-6-2-1-3-7-12/h2-7,10-11,13-14,23H,1,8-9,12,15-21H2,(H,30,33);2-5,8-9,15H,1,6-7,10-13H2,(H,19,20)(H,22,23);1-3,6-7,13H,4-5,8-11,16H2,(H,18,19)/t23-;15-;13-/m111/s1. The summed E-state index contributed by atoms with van der Waals surface area (Å²) in [4.78, 5) is 98.1. The van der Waals surface area contributed by atoms with Crippen LogP contribution in [0.2, 0.25) is 5.02 Å².